The van der Waals surface area contributed by atoms with E-state index in [1.54, 1.807) is 14.0 Å². The molecule has 0 fully saturated rings. The fraction of sp³-hybridized carbons (Fsp3) is 0.611. The van der Waals surface area contributed by atoms with Crippen LogP contribution in [-0.2, 0) is 10.3 Å². The highest BCUT2D eigenvalue weighted by molar-refractivity contribution is 5.79. The van der Waals surface area contributed by atoms with E-state index in [2.05, 4.69) is 15.6 Å². The smallest absolute Gasteiger partial charge is 0.191 e. The Bertz CT molecular complexity index is 447. The second-order valence-corrected chi connectivity index (χ2v) is 5.82. The largest absolute Gasteiger partial charge is 0.385 e. The predicted molar refractivity (Wildman–Crippen MR) is 95.7 cm³/mol. The van der Waals surface area contributed by atoms with Crippen molar-refractivity contribution in [1.82, 2.24) is 10.6 Å². The van der Waals surface area contributed by atoms with E-state index in [0.29, 0.717) is 6.54 Å². The number of methoxy groups -OCH3 is 1. The maximum absolute atomic E-state index is 10.6. The monoisotopic (exact) mass is 321 g/mol. The molecule has 0 amide bonds. The number of benzene rings is 1. The minimum atomic E-state index is -0.970. The summed E-state index contributed by atoms with van der Waals surface area (Å²) < 4.78 is 5.04. The van der Waals surface area contributed by atoms with Crippen LogP contribution in [0.2, 0.25) is 0 Å². The fourth-order valence-electron chi connectivity index (χ4n) is 2.22. The highest BCUT2D eigenvalue weighted by atomic mass is 16.5. The van der Waals surface area contributed by atoms with Crippen LogP contribution in [0.15, 0.2) is 35.3 Å². The van der Waals surface area contributed by atoms with E-state index in [0.717, 1.165) is 50.5 Å². The molecule has 5 nitrogen and oxygen atoms in total. The van der Waals surface area contributed by atoms with Gasteiger partial charge >= 0.3 is 0 Å². The summed E-state index contributed by atoms with van der Waals surface area (Å²) in [5.41, 5.74) is -0.0959. The quantitative estimate of drug-likeness (QED) is 0.351. The van der Waals surface area contributed by atoms with Gasteiger partial charge in [-0.2, -0.15) is 0 Å². The van der Waals surface area contributed by atoms with E-state index < -0.39 is 5.60 Å². The topological polar surface area (TPSA) is 65.9 Å². The molecule has 130 valence electrons. The van der Waals surface area contributed by atoms with Gasteiger partial charge in [-0.1, -0.05) is 30.3 Å². The Morgan fingerprint density at radius 2 is 1.91 bits per heavy atom. The Hall–Kier alpha value is -1.59. The zero-order valence-electron chi connectivity index (χ0n) is 14.6. The number of unbranched alkanes of at least 4 members (excludes halogenated alkanes) is 2. The first-order valence-corrected chi connectivity index (χ1v) is 8.39. The summed E-state index contributed by atoms with van der Waals surface area (Å²) in [6.07, 6.45) is 3.28. The van der Waals surface area contributed by atoms with Crippen LogP contribution in [0.1, 0.15) is 38.7 Å². The number of nitrogens with one attached hydrogen (secondary N) is 2. The van der Waals surface area contributed by atoms with Gasteiger partial charge in [-0.3, -0.25) is 0 Å². The van der Waals surface area contributed by atoms with E-state index in [4.69, 9.17) is 4.74 Å². The van der Waals surface area contributed by atoms with E-state index in [1.165, 1.54) is 0 Å². The molecule has 1 atom stereocenters. The third-order valence-electron chi connectivity index (χ3n) is 3.60. The summed E-state index contributed by atoms with van der Waals surface area (Å²) in [5, 5.41) is 17.1. The van der Waals surface area contributed by atoms with Crippen molar-refractivity contribution in [1.29, 1.82) is 0 Å². The first-order chi connectivity index (χ1) is 11.1. The van der Waals surface area contributed by atoms with Crippen LogP contribution >= 0.6 is 0 Å². The van der Waals surface area contributed by atoms with Crippen molar-refractivity contribution in [3.63, 3.8) is 0 Å². The molecule has 0 aliphatic carbocycles. The fourth-order valence-corrected chi connectivity index (χ4v) is 2.22. The number of ether oxygens (including phenoxy) is 1. The maximum Gasteiger partial charge on any atom is 0.191 e. The number of hydrogen-bond acceptors (Lipinski definition) is 3. The lowest BCUT2D eigenvalue weighted by molar-refractivity contribution is 0.0672. The van der Waals surface area contributed by atoms with Crippen LogP contribution in [-0.4, -0.2) is 44.4 Å². The van der Waals surface area contributed by atoms with Crippen LogP contribution < -0.4 is 10.6 Å². The second kappa shape index (κ2) is 11.0. The molecule has 0 saturated heterocycles. The lowest BCUT2D eigenvalue weighted by Crippen LogP contribution is -2.39. The maximum atomic E-state index is 10.6. The van der Waals surface area contributed by atoms with E-state index in [-0.39, 0.29) is 0 Å². The number of guanidine groups is 1. The summed E-state index contributed by atoms with van der Waals surface area (Å²) in [6, 6.07) is 9.64. The number of aliphatic imine (C=N–C) groups is 1. The van der Waals surface area contributed by atoms with Crippen molar-refractivity contribution in [3.05, 3.63) is 35.9 Å². The minimum Gasteiger partial charge on any atom is -0.385 e. The molecule has 1 rings (SSSR count). The Kier molecular flexibility index (Phi) is 9.33. The summed E-state index contributed by atoms with van der Waals surface area (Å²) in [7, 11) is 1.73. The van der Waals surface area contributed by atoms with Crippen LogP contribution in [0, 0.1) is 0 Å². The van der Waals surface area contributed by atoms with Gasteiger partial charge in [0.25, 0.3) is 0 Å². The predicted octanol–water partition coefficient (Wildman–Crippen LogP) is 2.27. The summed E-state index contributed by atoms with van der Waals surface area (Å²) in [6.45, 7) is 6.61. The van der Waals surface area contributed by atoms with Crippen LogP contribution in [0.25, 0.3) is 0 Å². The highest BCUT2D eigenvalue weighted by Gasteiger charge is 2.22. The van der Waals surface area contributed by atoms with Gasteiger partial charge in [-0.25, -0.2) is 4.99 Å². The molecule has 0 aliphatic heterocycles. The first kappa shape index (κ1) is 19.5. The number of aliphatic hydroxyl groups is 1. The second-order valence-electron chi connectivity index (χ2n) is 5.82. The van der Waals surface area contributed by atoms with Crippen molar-refractivity contribution < 1.29 is 9.84 Å². The van der Waals surface area contributed by atoms with E-state index in [9.17, 15) is 5.11 Å². The summed E-state index contributed by atoms with van der Waals surface area (Å²) >= 11 is 0. The molecule has 0 aromatic heterocycles. The molecule has 0 spiro atoms. The first-order valence-electron chi connectivity index (χ1n) is 8.39. The normalized spacial score (nSPS) is 14.3. The Morgan fingerprint density at radius 1 is 1.17 bits per heavy atom. The molecule has 1 aromatic carbocycles. The Labute approximate surface area is 140 Å². The lowest BCUT2D eigenvalue weighted by atomic mass is 9.96. The summed E-state index contributed by atoms with van der Waals surface area (Å²) in [4.78, 5) is 4.52. The van der Waals surface area contributed by atoms with Gasteiger partial charge in [0, 0.05) is 26.8 Å². The Balaban J connectivity index is 2.47. The molecule has 23 heavy (non-hydrogen) atoms. The molecule has 3 N–H and O–H groups in total. The average Bonchev–Trinajstić information content (AvgIpc) is 2.56. The van der Waals surface area contributed by atoms with Crippen LogP contribution in [0.3, 0.4) is 0 Å². The van der Waals surface area contributed by atoms with Gasteiger partial charge < -0.3 is 20.5 Å². The van der Waals surface area contributed by atoms with Crippen molar-refractivity contribution in [2.24, 2.45) is 4.99 Å². The molecule has 5 heteroatoms. The van der Waals surface area contributed by atoms with Gasteiger partial charge in [-0.05, 0) is 38.7 Å². The van der Waals surface area contributed by atoms with Crippen LogP contribution in [0.4, 0.5) is 0 Å². The van der Waals surface area contributed by atoms with Crippen molar-refractivity contribution in [2.45, 2.75) is 38.7 Å². The van der Waals surface area contributed by atoms with Crippen LogP contribution in [0.5, 0.6) is 0 Å². The molecule has 1 aromatic rings. The molecular weight excluding hydrogens is 290 g/mol. The zero-order chi connectivity index (χ0) is 17.0. The van der Waals surface area contributed by atoms with Gasteiger partial charge in [0.15, 0.2) is 5.96 Å². The average molecular weight is 321 g/mol. The standard InChI is InChI=1S/C18H31N3O2/c1-4-19-17(20-13-9-6-10-14-23-3)21-15-18(2,22)16-11-7-5-8-12-16/h5,7-8,11-12,22H,4,6,9-10,13-15H2,1-3H3,(H2,19,20,21). The molecular formula is C18H31N3O2. The van der Waals surface area contributed by atoms with Crippen molar-refractivity contribution in [3.8, 4) is 0 Å². The van der Waals surface area contributed by atoms with Gasteiger partial charge in [0.05, 0.1) is 6.54 Å². The minimum absolute atomic E-state index is 0.315. The van der Waals surface area contributed by atoms with E-state index in [1.807, 2.05) is 37.3 Å². The number of hydrogen-bond donors (Lipinski definition) is 3. The third kappa shape index (κ3) is 8.00. The molecule has 0 heterocycles. The third-order valence-corrected chi connectivity index (χ3v) is 3.60. The van der Waals surface area contributed by atoms with E-state index >= 15 is 0 Å². The van der Waals surface area contributed by atoms with Gasteiger partial charge in [0.1, 0.15) is 5.60 Å². The summed E-state index contributed by atoms with van der Waals surface area (Å²) in [5.74, 6) is 0.746. The van der Waals surface area contributed by atoms with Gasteiger partial charge in [-0.15, -0.1) is 0 Å². The molecule has 0 radical (unpaired) electrons. The SMILES string of the molecule is CCNC(=NCC(C)(O)c1ccccc1)NCCCCCOC. The Morgan fingerprint density at radius 3 is 2.57 bits per heavy atom. The van der Waals surface area contributed by atoms with Crippen molar-refractivity contribution in [2.75, 3.05) is 33.4 Å². The molecule has 0 saturated carbocycles. The number of nitrogens with zero attached hydrogens (tertiary/aromatic N) is 1. The van der Waals surface area contributed by atoms with Gasteiger partial charge in [0.2, 0.25) is 0 Å². The molecule has 1 unspecified atom stereocenters. The highest BCUT2D eigenvalue weighted by Crippen LogP contribution is 2.20. The zero-order valence-corrected chi connectivity index (χ0v) is 14.6. The number of rotatable bonds is 10. The molecule has 0 bridgehead atoms. The lowest BCUT2D eigenvalue weighted by Gasteiger charge is -2.22. The van der Waals surface area contributed by atoms with Crippen molar-refractivity contribution >= 4 is 5.96 Å². The molecule has 0 aliphatic rings.